The van der Waals surface area contributed by atoms with Gasteiger partial charge in [0.25, 0.3) is 0 Å². The fourth-order valence-corrected chi connectivity index (χ4v) is 3.21. The lowest BCUT2D eigenvalue weighted by Crippen LogP contribution is -2.43. The summed E-state index contributed by atoms with van der Waals surface area (Å²) in [5.41, 5.74) is 0.583. The van der Waals surface area contributed by atoms with Gasteiger partial charge in [-0.3, -0.25) is 4.99 Å². The summed E-state index contributed by atoms with van der Waals surface area (Å²) in [6, 6.07) is 5.11. The zero-order chi connectivity index (χ0) is 20.4. The number of hydrogen-bond donors (Lipinski definition) is 2. The van der Waals surface area contributed by atoms with Crippen molar-refractivity contribution in [3.8, 4) is 11.5 Å². The first-order valence-corrected chi connectivity index (χ1v) is 9.89. The second-order valence-electron chi connectivity index (χ2n) is 6.93. The number of likely N-dealkylation sites (tertiary alicyclic amines) is 1. The standard InChI is InChI=1S/C20H32F2N4O2.HI/c1-4-27-17-7-5-6-16(18(17)28-19(21)22)14-25-20(23-3)24-10-13-26-11-8-15(2)9-12-26;/h5-7,15,19H,4,8-14H2,1-3H3,(H2,23,24,25);1H. The molecule has 166 valence electrons. The molecule has 0 aromatic heterocycles. The number of aliphatic imine (C=N–C) groups is 1. The minimum atomic E-state index is -2.91. The predicted molar refractivity (Wildman–Crippen MR) is 123 cm³/mol. The van der Waals surface area contributed by atoms with Crippen molar-refractivity contribution in [2.45, 2.75) is 39.8 Å². The van der Waals surface area contributed by atoms with Crippen LogP contribution in [0.25, 0.3) is 0 Å². The fraction of sp³-hybridized carbons (Fsp3) is 0.650. The van der Waals surface area contributed by atoms with Gasteiger partial charge in [-0.1, -0.05) is 19.1 Å². The van der Waals surface area contributed by atoms with Crippen LogP contribution in [0.2, 0.25) is 0 Å². The lowest BCUT2D eigenvalue weighted by atomic mass is 9.99. The number of halogens is 3. The van der Waals surface area contributed by atoms with E-state index in [1.807, 2.05) is 0 Å². The Morgan fingerprint density at radius 2 is 2.00 bits per heavy atom. The van der Waals surface area contributed by atoms with Crippen molar-refractivity contribution in [1.29, 1.82) is 0 Å². The first kappa shape index (κ1) is 25.7. The van der Waals surface area contributed by atoms with Gasteiger partial charge < -0.3 is 25.0 Å². The van der Waals surface area contributed by atoms with Crippen LogP contribution in [0.5, 0.6) is 11.5 Å². The molecule has 6 nitrogen and oxygen atoms in total. The number of alkyl halides is 2. The lowest BCUT2D eigenvalue weighted by molar-refractivity contribution is -0.0520. The topological polar surface area (TPSA) is 58.1 Å². The van der Waals surface area contributed by atoms with Crippen molar-refractivity contribution in [3.63, 3.8) is 0 Å². The van der Waals surface area contributed by atoms with Crippen molar-refractivity contribution in [3.05, 3.63) is 23.8 Å². The van der Waals surface area contributed by atoms with Crippen molar-refractivity contribution >= 4 is 29.9 Å². The number of nitrogens with zero attached hydrogens (tertiary/aromatic N) is 2. The van der Waals surface area contributed by atoms with Crippen molar-refractivity contribution in [2.24, 2.45) is 10.9 Å². The molecule has 0 bridgehead atoms. The second-order valence-corrected chi connectivity index (χ2v) is 6.93. The van der Waals surface area contributed by atoms with Crippen LogP contribution in [-0.2, 0) is 6.54 Å². The number of piperidine rings is 1. The number of benzene rings is 1. The number of rotatable bonds is 9. The molecule has 2 rings (SSSR count). The Morgan fingerprint density at radius 3 is 2.62 bits per heavy atom. The molecule has 1 aliphatic heterocycles. The Hall–Kier alpha value is -1.36. The fourth-order valence-electron chi connectivity index (χ4n) is 3.21. The first-order valence-electron chi connectivity index (χ1n) is 9.89. The molecule has 0 aliphatic carbocycles. The number of nitrogens with one attached hydrogen (secondary N) is 2. The van der Waals surface area contributed by atoms with E-state index in [1.165, 1.54) is 12.8 Å². The Balaban J connectivity index is 0.00000420. The molecule has 0 unspecified atom stereocenters. The van der Waals surface area contributed by atoms with Crippen molar-refractivity contribution in [2.75, 3.05) is 39.8 Å². The quantitative estimate of drug-likeness (QED) is 0.292. The van der Waals surface area contributed by atoms with E-state index in [9.17, 15) is 8.78 Å². The van der Waals surface area contributed by atoms with Crippen LogP contribution in [0, 0.1) is 5.92 Å². The summed E-state index contributed by atoms with van der Waals surface area (Å²) in [7, 11) is 1.69. The monoisotopic (exact) mass is 526 g/mol. The maximum atomic E-state index is 12.8. The molecule has 1 heterocycles. The number of ether oxygens (including phenoxy) is 2. The molecule has 1 saturated heterocycles. The minimum absolute atomic E-state index is 0. The number of guanidine groups is 1. The van der Waals surface area contributed by atoms with Crippen LogP contribution in [0.15, 0.2) is 23.2 Å². The van der Waals surface area contributed by atoms with Crippen LogP contribution >= 0.6 is 24.0 Å². The summed E-state index contributed by atoms with van der Waals surface area (Å²) in [5, 5.41) is 6.43. The second kappa shape index (κ2) is 13.8. The van der Waals surface area contributed by atoms with Gasteiger partial charge in [0, 0.05) is 32.2 Å². The van der Waals surface area contributed by atoms with Crippen LogP contribution in [-0.4, -0.2) is 57.3 Å². The SMILES string of the molecule is CCOc1cccc(CNC(=NC)NCCN2CCC(C)CC2)c1OC(F)F.I. The zero-order valence-corrected chi connectivity index (χ0v) is 19.7. The van der Waals surface area contributed by atoms with Gasteiger partial charge in [-0.15, -0.1) is 24.0 Å². The molecule has 1 aliphatic rings. The average molecular weight is 526 g/mol. The Bertz CT molecular complexity index is 626. The third kappa shape index (κ3) is 8.90. The molecular formula is C20H33F2IN4O2. The Kier molecular flexibility index (Phi) is 12.2. The molecule has 1 aromatic rings. The molecular weight excluding hydrogens is 493 g/mol. The molecule has 0 spiro atoms. The molecule has 0 saturated carbocycles. The van der Waals surface area contributed by atoms with Gasteiger partial charge in [0.1, 0.15) is 0 Å². The van der Waals surface area contributed by atoms with Crippen molar-refractivity contribution < 1.29 is 18.3 Å². The van der Waals surface area contributed by atoms with Gasteiger partial charge in [-0.25, -0.2) is 0 Å². The van der Waals surface area contributed by atoms with E-state index in [4.69, 9.17) is 9.47 Å². The van der Waals surface area contributed by atoms with Crippen LogP contribution in [0.4, 0.5) is 8.78 Å². The minimum Gasteiger partial charge on any atom is -0.490 e. The van der Waals surface area contributed by atoms with Crippen LogP contribution in [0.1, 0.15) is 32.3 Å². The molecule has 0 atom stereocenters. The zero-order valence-electron chi connectivity index (χ0n) is 17.4. The van der Waals surface area contributed by atoms with E-state index in [-0.39, 0.29) is 29.7 Å². The van der Waals surface area contributed by atoms with Gasteiger partial charge in [0.2, 0.25) is 0 Å². The highest BCUT2D eigenvalue weighted by Crippen LogP contribution is 2.32. The van der Waals surface area contributed by atoms with Gasteiger partial charge in [-0.05, 0) is 44.8 Å². The highest BCUT2D eigenvalue weighted by Gasteiger charge is 2.17. The summed E-state index contributed by atoms with van der Waals surface area (Å²) < 4.78 is 35.7. The summed E-state index contributed by atoms with van der Waals surface area (Å²) in [4.78, 5) is 6.65. The van der Waals surface area contributed by atoms with Gasteiger partial charge >= 0.3 is 6.61 Å². The van der Waals surface area contributed by atoms with Gasteiger partial charge in [0.05, 0.1) is 6.61 Å². The van der Waals surface area contributed by atoms with Crippen LogP contribution < -0.4 is 20.1 Å². The number of para-hydroxylation sites is 1. The molecule has 0 amide bonds. The molecule has 29 heavy (non-hydrogen) atoms. The average Bonchev–Trinajstić information content (AvgIpc) is 2.68. The lowest BCUT2D eigenvalue weighted by Gasteiger charge is -2.30. The predicted octanol–water partition coefficient (Wildman–Crippen LogP) is 3.70. The smallest absolute Gasteiger partial charge is 0.387 e. The third-order valence-corrected chi connectivity index (χ3v) is 4.83. The molecule has 1 aromatic carbocycles. The van der Waals surface area contributed by atoms with E-state index in [2.05, 4.69) is 27.4 Å². The normalized spacial score (nSPS) is 15.7. The summed E-state index contributed by atoms with van der Waals surface area (Å²) in [6.45, 7) is 5.84. The molecule has 1 fully saturated rings. The van der Waals surface area contributed by atoms with Crippen LogP contribution in [0.3, 0.4) is 0 Å². The van der Waals surface area contributed by atoms with E-state index >= 15 is 0 Å². The largest absolute Gasteiger partial charge is 0.490 e. The van der Waals surface area contributed by atoms with E-state index in [0.717, 1.165) is 32.1 Å². The van der Waals surface area contributed by atoms with Gasteiger partial charge in [-0.2, -0.15) is 8.78 Å². The van der Waals surface area contributed by atoms with E-state index in [1.54, 1.807) is 32.2 Å². The molecule has 0 radical (unpaired) electrons. The maximum Gasteiger partial charge on any atom is 0.387 e. The van der Waals surface area contributed by atoms with Gasteiger partial charge in [0.15, 0.2) is 17.5 Å². The third-order valence-electron chi connectivity index (χ3n) is 4.83. The molecule has 9 heteroatoms. The summed E-state index contributed by atoms with van der Waals surface area (Å²) in [6.07, 6.45) is 2.49. The molecule has 2 N–H and O–H groups in total. The highest BCUT2D eigenvalue weighted by molar-refractivity contribution is 14.0. The Labute approximate surface area is 189 Å². The van der Waals surface area contributed by atoms with E-state index < -0.39 is 6.61 Å². The highest BCUT2D eigenvalue weighted by atomic mass is 127. The Morgan fingerprint density at radius 1 is 1.28 bits per heavy atom. The number of hydrogen-bond acceptors (Lipinski definition) is 4. The summed E-state index contributed by atoms with van der Waals surface area (Å²) >= 11 is 0. The van der Waals surface area contributed by atoms with Crippen molar-refractivity contribution in [1.82, 2.24) is 15.5 Å². The maximum absolute atomic E-state index is 12.8. The summed E-state index contributed by atoms with van der Waals surface area (Å²) in [5.74, 6) is 1.81. The first-order chi connectivity index (χ1) is 13.5. The van der Waals surface area contributed by atoms with E-state index in [0.29, 0.717) is 30.4 Å².